The predicted molar refractivity (Wildman–Crippen MR) is 64.9 cm³/mol. The van der Waals surface area contributed by atoms with Crippen LogP contribution in [0.4, 0.5) is 0 Å². The third kappa shape index (κ3) is 1.64. The Morgan fingerprint density at radius 2 is 1.94 bits per heavy atom. The topological polar surface area (TPSA) is 30.2 Å². The van der Waals surface area contributed by atoms with Crippen LogP contribution in [0.25, 0.3) is 11.0 Å². The maximum Gasteiger partial charge on any atom is 0.160 e. The van der Waals surface area contributed by atoms with Gasteiger partial charge in [-0.1, -0.05) is 32.9 Å². The van der Waals surface area contributed by atoms with E-state index < -0.39 is 0 Å². The summed E-state index contributed by atoms with van der Waals surface area (Å²) in [7, 11) is 0. The molecule has 0 aliphatic heterocycles. The first kappa shape index (κ1) is 10.9. The van der Waals surface area contributed by atoms with Crippen LogP contribution in [0.15, 0.2) is 28.9 Å². The second-order valence-electron chi connectivity index (χ2n) is 5.13. The fourth-order valence-corrected chi connectivity index (χ4v) is 1.93. The molecule has 0 saturated heterocycles. The number of hydrogen-bond acceptors (Lipinski definition) is 2. The van der Waals surface area contributed by atoms with E-state index in [2.05, 4.69) is 20.8 Å². The number of rotatable bonds is 1. The first-order valence-corrected chi connectivity index (χ1v) is 5.43. The van der Waals surface area contributed by atoms with Gasteiger partial charge >= 0.3 is 0 Å². The third-order valence-corrected chi connectivity index (χ3v) is 2.79. The van der Waals surface area contributed by atoms with Crippen LogP contribution in [0.1, 0.15) is 43.6 Å². The Kier molecular flexibility index (Phi) is 2.38. The van der Waals surface area contributed by atoms with Gasteiger partial charge in [0.2, 0.25) is 0 Å². The number of ketones is 1. The molecule has 1 aromatic carbocycles. The number of hydrogen-bond donors (Lipinski definition) is 0. The van der Waals surface area contributed by atoms with Gasteiger partial charge in [-0.2, -0.15) is 0 Å². The molecule has 0 spiro atoms. The van der Waals surface area contributed by atoms with E-state index in [-0.39, 0.29) is 11.2 Å². The second-order valence-corrected chi connectivity index (χ2v) is 5.13. The highest BCUT2D eigenvalue weighted by atomic mass is 16.3. The summed E-state index contributed by atoms with van der Waals surface area (Å²) in [5, 5.41) is 0.961. The molecule has 2 aromatic rings. The minimum absolute atomic E-state index is 0.0171. The zero-order chi connectivity index (χ0) is 11.9. The van der Waals surface area contributed by atoms with E-state index >= 15 is 0 Å². The molecule has 0 unspecified atom stereocenters. The van der Waals surface area contributed by atoms with Crippen molar-refractivity contribution >= 4 is 16.8 Å². The van der Waals surface area contributed by atoms with E-state index in [1.165, 1.54) is 0 Å². The van der Waals surface area contributed by atoms with E-state index in [0.717, 1.165) is 22.1 Å². The Bertz CT molecular complexity index is 541. The summed E-state index contributed by atoms with van der Waals surface area (Å²) in [4.78, 5) is 11.6. The second kappa shape index (κ2) is 3.48. The van der Waals surface area contributed by atoms with Crippen molar-refractivity contribution in [1.82, 2.24) is 0 Å². The molecule has 0 fully saturated rings. The smallest absolute Gasteiger partial charge is 0.160 e. The number of carbonyl (C=O) groups excluding carboxylic acids is 1. The van der Waals surface area contributed by atoms with Crippen molar-refractivity contribution in [2.45, 2.75) is 33.1 Å². The standard InChI is InChI=1S/C14H16O2/c1-9(15)10-6-5-7-12-13(10)11(8-16-12)14(2,3)4/h5-8H,1-4H3. The van der Waals surface area contributed by atoms with Crippen LogP contribution in [0.2, 0.25) is 0 Å². The molecule has 2 nitrogen and oxygen atoms in total. The minimum Gasteiger partial charge on any atom is -0.464 e. The lowest BCUT2D eigenvalue weighted by atomic mass is 9.85. The summed E-state index contributed by atoms with van der Waals surface area (Å²) in [6.45, 7) is 7.95. The van der Waals surface area contributed by atoms with Gasteiger partial charge in [0.25, 0.3) is 0 Å². The van der Waals surface area contributed by atoms with E-state index in [1.807, 2.05) is 18.2 Å². The third-order valence-electron chi connectivity index (χ3n) is 2.79. The highest BCUT2D eigenvalue weighted by Gasteiger charge is 2.22. The summed E-state index contributed by atoms with van der Waals surface area (Å²) in [5.74, 6) is 0.0810. The number of benzene rings is 1. The van der Waals surface area contributed by atoms with Crippen molar-refractivity contribution in [2.75, 3.05) is 0 Å². The molecule has 0 bridgehead atoms. The summed E-state index contributed by atoms with van der Waals surface area (Å²) < 4.78 is 5.51. The molecule has 0 aliphatic rings. The van der Waals surface area contributed by atoms with Crippen LogP contribution in [0, 0.1) is 0 Å². The number of fused-ring (bicyclic) bond motifs is 1. The number of Topliss-reactive ketones (excluding diaryl/α,β-unsaturated/α-hetero) is 1. The van der Waals surface area contributed by atoms with Gasteiger partial charge < -0.3 is 4.42 Å². The van der Waals surface area contributed by atoms with E-state index in [9.17, 15) is 4.79 Å². The summed E-state index contributed by atoms with van der Waals surface area (Å²) in [6, 6.07) is 5.61. The SMILES string of the molecule is CC(=O)c1cccc2occ(C(C)(C)C)c12. The van der Waals surface area contributed by atoms with Crippen LogP contribution in [-0.2, 0) is 5.41 Å². The molecule has 1 heterocycles. The summed E-state index contributed by atoms with van der Waals surface area (Å²) >= 11 is 0. The molecular formula is C14H16O2. The highest BCUT2D eigenvalue weighted by Crippen LogP contribution is 2.33. The van der Waals surface area contributed by atoms with Crippen molar-refractivity contribution in [3.05, 3.63) is 35.6 Å². The van der Waals surface area contributed by atoms with Gasteiger partial charge in [0, 0.05) is 16.5 Å². The number of furan rings is 1. The Morgan fingerprint density at radius 3 is 2.50 bits per heavy atom. The predicted octanol–water partition coefficient (Wildman–Crippen LogP) is 3.93. The van der Waals surface area contributed by atoms with E-state index in [1.54, 1.807) is 13.2 Å². The average Bonchev–Trinajstić information content (AvgIpc) is 2.59. The lowest BCUT2D eigenvalue weighted by Crippen LogP contribution is -2.11. The summed E-state index contributed by atoms with van der Waals surface area (Å²) in [5.41, 5.74) is 2.61. The molecule has 0 atom stereocenters. The van der Waals surface area contributed by atoms with Gasteiger partial charge in [-0.15, -0.1) is 0 Å². The zero-order valence-electron chi connectivity index (χ0n) is 10.1. The van der Waals surface area contributed by atoms with Crippen LogP contribution in [-0.4, -0.2) is 5.78 Å². The monoisotopic (exact) mass is 216 g/mol. The zero-order valence-corrected chi connectivity index (χ0v) is 10.1. The van der Waals surface area contributed by atoms with Gasteiger partial charge in [-0.3, -0.25) is 4.79 Å². The molecule has 0 saturated carbocycles. The first-order valence-electron chi connectivity index (χ1n) is 5.43. The molecule has 1 aromatic heterocycles. The Morgan fingerprint density at radius 1 is 1.25 bits per heavy atom. The van der Waals surface area contributed by atoms with Crippen molar-refractivity contribution < 1.29 is 9.21 Å². The highest BCUT2D eigenvalue weighted by molar-refractivity contribution is 6.07. The molecular weight excluding hydrogens is 200 g/mol. The molecule has 2 rings (SSSR count). The van der Waals surface area contributed by atoms with Crippen LogP contribution >= 0.6 is 0 Å². The van der Waals surface area contributed by atoms with E-state index in [4.69, 9.17) is 4.42 Å². The van der Waals surface area contributed by atoms with Gasteiger partial charge in [0.1, 0.15) is 5.58 Å². The average molecular weight is 216 g/mol. The molecule has 84 valence electrons. The maximum atomic E-state index is 11.6. The fraction of sp³-hybridized carbons (Fsp3) is 0.357. The van der Waals surface area contributed by atoms with Gasteiger partial charge in [-0.25, -0.2) is 0 Å². The molecule has 0 radical (unpaired) electrons. The fourth-order valence-electron chi connectivity index (χ4n) is 1.93. The largest absolute Gasteiger partial charge is 0.464 e. The Balaban J connectivity index is 2.83. The van der Waals surface area contributed by atoms with Gasteiger partial charge in [0.05, 0.1) is 6.26 Å². The van der Waals surface area contributed by atoms with E-state index in [0.29, 0.717) is 0 Å². The molecule has 0 aliphatic carbocycles. The van der Waals surface area contributed by atoms with Crippen LogP contribution in [0.5, 0.6) is 0 Å². The Labute approximate surface area is 95.3 Å². The maximum absolute atomic E-state index is 11.6. The lowest BCUT2D eigenvalue weighted by Gasteiger charge is -2.17. The van der Waals surface area contributed by atoms with Crippen molar-refractivity contribution in [2.24, 2.45) is 0 Å². The summed E-state index contributed by atoms with van der Waals surface area (Å²) in [6.07, 6.45) is 1.76. The van der Waals surface area contributed by atoms with Crippen LogP contribution < -0.4 is 0 Å². The number of carbonyl (C=O) groups is 1. The van der Waals surface area contributed by atoms with Crippen molar-refractivity contribution in [1.29, 1.82) is 0 Å². The molecule has 2 heteroatoms. The van der Waals surface area contributed by atoms with Crippen LogP contribution in [0.3, 0.4) is 0 Å². The van der Waals surface area contributed by atoms with Gasteiger partial charge in [0.15, 0.2) is 5.78 Å². The molecule has 16 heavy (non-hydrogen) atoms. The van der Waals surface area contributed by atoms with Crippen molar-refractivity contribution in [3.8, 4) is 0 Å². The first-order chi connectivity index (χ1) is 7.41. The normalized spacial score (nSPS) is 12.0. The quantitative estimate of drug-likeness (QED) is 0.676. The molecule has 0 amide bonds. The van der Waals surface area contributed by atoms with Crippen molar-refractivity contribution in [3.63, 3.8) is 0 Å². The van der Waals surface area contributed by atoms with Gasteiger partial charge in [-0.05, 0) is 18.4 Å². The minimum atomic E-state index is -0.0171. The molecule has 0 N–H and O–H groups in total. The lowest BCUT2D eigenvalue weighted by molar-refractivity contribution is 0.101. The Hall–Kier alpha value is -1.57.